The molecule has 10 nitrogen and oxygen atoms in total. The summed E-state index contributed by atoms with van der Waals surface area (Å²) in [5.74, 6) is -0.641. The molecule has 3 heterocycles. The minimum absolute atomic E-state index is 0.123. The molecule has 4 aromatic carbocycles. The molecule has 7 rings (SSSR count). The van der Waals surface area contributed by atoms with E-state index in [0.29, 0.717) is 36.5 Å². The number of hydrogen-bond donors (Lipinski definition) is 1. The normalized spacial score (nSPS) is 13.9. The second kappa shape index (κ2) is 13.2. The fourth-order valence-electron chi connectivity index (χ4n) is 5.86. The largest absolute Gasteiger partial charge is 0.378 e. The number of anilines is 2. The van der Waals surface area contributed by atoms with Crippen molar-refractivity contribution in [1.82, 2.24) is 25.3 Å². The minimum Gasteiger partial charge on any atom is -0.378 e. The molecule has 6 aromatic rings. The highest BCUT2D eigenvalue weighted by molar-refractivity contribution is 6.02. The lowest BCUT2D eigenvalue weighted by molar-refractivity contribution is -0.127. The van der Waals surface area contributed by atoms with Crippen LogP contribution < -0.4 is 15.1 Å². The van der Waals surface area contributed by atoms with E-state index in [2.05, 4.69) is 25.5 Å². The van der Waals surface area contributed by atoms with Crippen LogP contribution in [-0.2, 0) is 27.4 Å². The number of benzene rings is 4. The van der Waals surface area contributed by atoms with Gasteiger partial charge in [-0.15, -0.1) is 5.10 Å². The van der Waals surface area contributed by atoms with Crippen molar-refractivity contribution in [2.75, 3.05) is 36.1 Å². The van der Waals surface area contributed by atoms with Gasteiger partial charge < -0.3 is 15.0 Å². The van der Waals surface area contributed by atoms with Crippen LogP contribution in [0.2, 0.25) is 0 Å². The molecule has 0 saturated carbocycles. The summed E-state index contributed by atoms with van der Waals surface area (Å²) in [6.07, 6.45) is 1.65. The van der Waals surface area contributed by atoms with Gasteiger partial charge in [0.1, 0.15) is 18.1 Å². The lowest BCUT2D eigenvalue weighted by Crippen LogP contribution is -2.45. The monoisotopic (exact) mass is 611 g/mol. The summed E-state index contributed by atoms with van der Waals surface area (Å²) in [6.45, 7) is 3.11. The van der Waals surface area contributed by atoms with Gasteiger partial charge in [0.05, 0.1) is 36.1 Å². The van der Waals surface area contributed by atoms with Gasteiger partial charge in [0.2, 0.25) is 11.8 Å². The van der Waals surface area contributed by atoms with Crippen LogP contribution in [-0.4, -0.2) is 58.1 Å². The van der Waals surface area contributed by atoms with E-state index in [1.54, 1.807) is 15.8 Å². The van der Waals surface area contributed by atoms with Crippen molar-refractivity contribution in [3.63, 3.8) is 0 Å². The summed E-state index contributed by atoms with van der Waals surface area (Å²) >= 11 is 0. The minimum atomic E-state index is -0.993. The Morgan fingerprint density at radius 1 is 0.848 bits per heavy atom. The molecule has 1 N–H and O–H groups in total. The average molecular weight is 612 g/mol. The Hall–Kier alpha value is -5.61. The van der Waals surface area contributed by atoms with E-state index in [1.165, 1.54) is 0 Å². The van der Waals surface area contributed by atoms with Crippen molar-refractivity contribution in [2.24, 2.45) is 0 Å². The Labute approximate surface area is 266 Å². The molecule has 2 amide bonds. The van der Waals surface area contributed by atoms with Crippen molar-refractivity contribution in [3.05, 3.63) is 127 Å². The van der Waals surface area contributed by atoms with E-state index < -0.39 is 6.04 Å². The number of rotatable bonds is 9. The number of nitrogens with zero attached hydrogens (tertiary/aromatic N) is 6. The van der Waals surface area contributed by atoms with E-state index in [1.807, 2.05) is 109 Å². The van der Waals surface area contributed by atoms with E-state index in [4.69, 9.17) is 4.74 Å². The molecule has 46 heavy (non-hydrogen) atoms. The van der Waals surface area contributed by atoms with Crippen LogP contribution in [0.15, 0.2) is 115 Å². The number of nitrogens with one attached hydrogen (secondary N) is 1. The topological polar surface area (TPSA) is 105 Å². The molecule has 1 saturated heterocycles. The molecule has 230 valence electrons. The average Bonchev–Trinajstić information content (AvgIpc) is 3.52. The molecule has 0 spiro atoms. The van der Waals surface area contributed by atoms with E-state index in [9.17, 15) is 9.59 Å². The Bertz CT molecular complexity index is 1970. The van der Waals surface area contributed by atoms with Crippen LogP contribution >= 0.6 is 0 Å². The molecule has 1 fully saturated rings. The molecule has 1 aliphatic heterocycles. The Morgan fingerprint density at radius 2 is 1.57 bits per heavy atom. The number of ether oxygens (including phenoxy) is 1. The van der Waals surface area contributed by atoms with Crippen molar-refractivity contribution in [1.29, 1.82) is 0 Å². The predicted molar refractivity (Wildman–Crippen MR) is 177 cm³/mol. The number of carbonyl (C=O) groups is 2. The summed E-state index contributed by atoms with van der Waals surface area (Å²) in [7, 11) is 0. The first-order valence-corrected chi connectivity index (χ1v) is 15.3. The second-order valence-electron chi connectivity index (χ2n) is 11.2. The Kier molecular flexibility index (Phi) is 8.34. The summed E-state index contributed by atoms with van der Waals surface area (Å²) in [5.41, 5.74) is 5.38. The third-order valence-electron chi connectivity index (χ3n) is 8.23. The fourth-order valence-corrected chi connectivity index (χ4v) is 5.86. The molecular formula is C36H33N7O3. The van der Waals surface area contributed by atoms with Gasteiger partial charge in [0.25, 0.3) is 0 Å². The SMILES string of the molecule is O=C(NCc1ccccc1)C(c1ccc(N2CCOCC2)cc1)N(C(=O)Cn1nnc2ccccc21)c1cnc2ccccc2c1. The lowest BCUT2D eigenvalue weighted by Gasteiger charge is -2.32. The second-order valence-corrected chi connectivity index (χ2v) is 11.2. The molecule has 10 heteroatoms. The zero-order valence-corrected chi connectivity index (χ0v) is 25.2. The number of fused-ring (bicyclic) bond motifs is 2. The van der Waals surface area contributed by atoms with Crippen molar-refractivity contribution >= 4 is 45.1 Å². The number of morpholine rings is 1. The maximum Gasteiger partial charge on any atom is 0.249 e. The van der Waals surface area contributed by atoms with Crippen LogP contribution in [0.3, 0.4) is 0 Å². The summed E-state index contributed by atoms with van der Waals surface area (Å²) in [6, 6.07) is 33.7. The lowest BCUT2D eigenvalue weighted by atomic mass is 10.0. The quantitative estimate of drug-likeness (QED) is 0.248. The van der Waals surface area contributed by atoms with Crippen LogP contribution in [0.25, 0.3) is 21.9 Å². The third kappa shape index (κ3) is 6.15. The van der Waals surface area contributed by atoms with Gasteiger partial charge in [0.15, 0.2) is 0 Å². The fraction of sp³-hybridized carbons (Fsp3) is 0.194. The number of aromatic nitrogens is 4. The molecule has 1 atom stereocenters. The zero-order chi connectivity index (χ0) is 31.3. The van der Waals surface area contributed by atoms with E-state index >= 15 is 0 Å². The van der Waals surface area contributed by atoms with Crippen LogP contribution in [0.1, 0.15) is 17.2 Å². The van der Waals surface area contributed by atoms with Gasteiger partial charge in [0, 0.05) is 30.7 Å². The first-order chi connectivity index (χ1) is 22.6. The zero-order valence-electron chi connectivity index (χ0n) is 25.2. The van der Waals surface area contributed by atoms with E-state index in [-0.39, 0.29) is 18.4 Å². The molecule has 2 aromatic heterocycles. The van der Waals surface area contributed by atoms with Crippen LogP contribution in [0.4, 0.5) is 11.4 Å². The van der Waals surface area contributed by atoms with Gasteiger partial charge in [-0.25, -0.2) is 4.68 Å². The maximum absolute atomic E-state index is 14.5. The van der Waals surface area contributed by atoms with Crippen molar-refractivity contribution in [3.8, 4) is 0 Å². The smallest absolute Gasteiger partial charge is 0.249 e. The number of pyridine rings is 1. The van der Waals surface area contributed by atoms with Crippen LogP contribution in [0.5, 0.6) is 0 Å². The number of hydrogen-bond acceptors (Lipinski definition) is 7. The van der Waals surface area contributed by atoms with Crippen molar-refractivity contribution in [2.45, 2.75) is 19.1 Å². The molecular weight excluding hydrogens is 578 g/mol. The molecule has 0 radical (unpaired) electrons. The van der Waals surface area contributed by atoms with E-state index in [0.717, 1.165) is 40.8 Å². The number of para-hydroxylation sites is 2. The standard InChI is InChI=1S/C36H33N7O3/c44-34(25-42-33-13-7-6-12-32(33)39-40-42)43(30-22-28-10-4-5-11-31(28)37-24-30)35(36(45)38-23-26-8-2-1-3-9-26)27-14-16-29(17-15-27)41-18-20-46-21-19-41/h1-17,22,24,35H,18-21,23,25H2,(H,38,45). The molecule has 1 aliphatic rings. The van der Waals surface area contributed by atoms with Gasteiger partial charge in [-0.2, -0.15) is 0 Å². The van der Waals surface area contributed by atoms with Gasteiger partial charge in [-0.1, -0.05) is 78.0 Å². The number of carbonyl (C=O) groups excluding carboxylic acids is 2. The highest BCUT2D eigenvalue weighted by atomic mass is 16.5. The molecule has 0 aliphatic carbocycles. The summed E-state index contributed by atoms with van der Waals surface area (Å²) in [4.78, 5) is 37.3. The first-order valence-electron chi connectivity index (χ1n) is 15.3. The van der Waals surface area contributed by atoms with Crippen molar-refractivity contribution < 1.29 is 14.3 Å². The highest BCUT2D eigenvalue weighted by Crippen LogP contribution is 2.32. The Balaban J connectivity index is 1.30. The summed E-state index contributed by atoms with van der Waals surface area (Å²) in [5, 5.41) is 12.4. The third-order valence-corrected chi connectivity index (χ3v) is 8.23. The number of amides is 2. The summed E-state index contributed by atoms with van der Waals surface area (Å²) < 4.78 is 7.10. The molecule has 0 bridgehead atoms. The van der Waals surface area contributed by atoms with Gasteiger partial charge in [-0.05, 0) is 47.5 Å². The highest BCUT2D eigenvalue weighted by Gasteiger charge is 2.34. The first kappa shape index (κ1) is 29.1. The molecule has 1 unspecified atom stereocenters. The Morgan fingerprint density at radius 3 is 2.37 bits per heavy atom. The van der Waals surface area contributed by atoms with Gasteiger partial charge in [-0.3, -0.25) is 19.5 Å². The van der Waals surface area contributed by atoms with Gasteiger partial charge >= 0.3 is 0 Å². The van der Waals surface area contributed by atoms with Crippen LogP contribution in [0, 0.1) is 0 Å². The maximum atomic E-state index is 14.5. The predicted octanol–water partition coefficient (Wildman–Crippen LogP) is 4.91.